The molecule has 13 heavy (non-hydrogen) atoms. The van der Waals surface area contributed by atoms with Crippen molar-refractivity contribution in [2.75, 3.05) is 6.54 Å². The van der Waals surface area contributed by atoms with Crippen LogP contribution < -0.4 is 5.32 Å². The molecular formula is C10H11BrFN. The number of benzene rings is 1. The Kier molecular flexibility index (Phi) is 2.39. The lowest BCUT2D eigenvalue weighted by Crippen LogP contribution is -2.27. The molecule has 1 aromatic carbocycles. The van der Waals surface area contributed by atoms with E-state index in [0.717, 1.165) is 18.5 Å². The largest absolute Gasteiger partial charge is 0.310 e. The van der Waals surface area contributed by atoms with Gasteiger partial charge >= 0.3 is 0 Å². The molecule has 1 heterocycles. The Morgan fingerprint density at radius 2 is 2.31 bits per heavy atom. The topological polar surface area (TPSA) is 12.0 Å². The maximum atomic E-state index is 13.2. The zero-order valence-corrected chi connectivity index (χ0v) is 8.99. The molecule has 1 aliphatic heterocycles. The second-order valence-corrected chi connectivity index (χ2v) is 4.25. The highest BCUT2D eigenvalue weighted by Crippen LogP contribution is 2.27. The summed E-state index contributed by atoms with van der Waals surface area (Å²) < 4.78 is 13.7. The molecule has 0 fully saturated rings. The van der Waals surface area contributed by atoms with Crippen LogP contribution in [0.15, 0.2) is 16.6 Å². The molecule has 2 rings (SSSR count). The van der Waals surface area contributed by atoms with Crippen LogP contribution in [0.4, 0.5) is 4.39 Å². The molecule has 0 bridgehead atoms. The fourth-order valence-electron chi connectivity index (χ4n) is 1.76. The van der Waals surface area contributed by atoms with Crippen LogP contribution in [0, 0.1) is 5.82 Å². The molecule has 1 atom stereocenters. The van der Waals surface area contributed by atoms with Gasteiger partial charge in [-0.3, -0.25) is 0 Å². The lowest BCUT2D eigenvalue weighted by atomic mass is 9.95. The van der Waals surface area contributed by atoms with Crippen LogP contribution in [0.1, 0.15) is 24.1 Å². The average Bonchev–Trinajstić information content (AvgIpc) is 2.09. The van der Waals surface area contributed by atoms with Gasteiger partial charge in [0.05, 0.1) is 4.47 Å². The van der Waals surface area contributed by atoms with Crippen LogP contribution in [0.5, 0.6) is 0 Å². The van der Waals surface area contributed by atoms with E-state index in [2.05, 4.69) is 28.2 Å². The Labute approximate surface area is 85.5 Å². The van der Waals surface area contributed by atoms with Gasteiger partial charge in [0.15, 0.2) is 0 Å². The van der Waals surface area contributed by atoms with E-state index in [-0.39, 0.29) is 5.82 Å². The van der Waals surface area contributed by atoms with Gasteiger partial charge < -0.3 is 5.32 Å². The fourth-order valence-corrected chi connectivity index (χ4v) is 2.12. The number of hydrogen-bond donors (Lipinski definition) is 1. The monoisotopic (exact) mass is 243 g/mol. The summed E-state index contributed by atoms with van der Waals surface area (Å²) >= 11 is 3.20. The van der Waals surface area contributed by atoms with Crippen LogP contribution in [0.2, 0.25) is 0 Å². The number of halogens is 2. The first-order valence-corrected chi connectivity index (χ1v) is 5.19. The van der Waals surface area contributed by atoms with E-state index in [1.165, 1.54) is 5.56 Å². The molecule has 0 saturated heterocycles. The molecule has 1 aliphatic rings. The predicted octanol–water partition coefficient (Wildman–Crippen LogP) is 2.79. The van der Waals surface area contributed by atoms with Crippen molar-refractivity contribution < 1.29 is 4.39 Å². The van der Waals surface area contributed by atoms with E-state index < -0.39 is 0 Å². The Balaban J connectivity index is 2.52. The van der Waals surface area contributed by atoms with E-state index >= 15 is 0 Å². The van der Waals surface area contributed by atoms with Gasteiger partial charge in [-0.05, 0) is 59.1 Å². The number of fused-ring (bicyclic) bond motifs is 1. The fraction of sp³-hybridized carbons (Fsp3) is 0.400. The second-order valence-electron chi connectivity index (χ2n) is 3.39. The van der Waals surface area contributed by atoms with Crippen molar-refractivity contribution in [3.05, 3.63) is 33.5 Å². The van der Waals surface area contributed by atoms with Crippen LogP contribution >= 0.6 is 15.9 Å². The van der Waals surface area contributed by atoms with Gasteiger partial charge in [0.25, 0.3) is 0 Å². The second kappa shape index (κ2) is 3.39. The molecule has 1 nitrogen and oxygen atoms in total. The van der Waals surface area contributed by atoms with Crippen molar-refractivity contribution in [1.82, 2.24) is 5.32 Å². The lowest BCUT2D eigenvalue weighted by molar-refractivity contribution is 0.533. The normalized spacial score (nSPS) is 21.3. The van der Waals surface area contributed by atoms with Gasteiger partial charge in [-0.15, -0.1) is 0 Å². The van der Waals surface area contributed by atoms with Gasteiger partial charge in [-0.25, -0.2) is 4.39 Å². The molecule has 0 aliphatic carbocycles. The van der Waals surface area contributed by atoms with Gasteiger partial charge in [0, 0.05) is 6.04 Å². The van der Waals surface area contributed by atoms with E-state index in [0.29, 0.717) is 10.5 Å². The summed E-state index contributed by atoms with van der Waals surface area (Å²) in [5, 5.41) is 3.34. The summed E-state index contributed by atoms with van der Waals surface area (Å²) in [6, 6.07) is 3.85. The maximum Gasteiger partial charge on any atom is 0.137 e. The third-order valence-electron chi connectivity index (χ3n) is 2.49. The van der Waals surface area contributed by atoms with Crippen molar-refractivity contribution >= 4 is 15.9 Å². The number of hydrogen-bond acceptors (Lipinski definition) is 1. The van der Waals surface area contributed by atoms with Gasteiger partial charge in [0.2, 0.25) is 0 Å². The SMILES string of the molecule is C[C@H]1NCCc2cc(F)c(Br)cc21. The first kappa shape index (κ1) is 9.16. The molecule has 0 amide bonds. The smallest absolute Gasteiger partial charge is 0.137 e. The van der Waals surface area contributed by atoms with Crippen molar-refractivity contribution in [2.24, 2.45) is 0 Å². The van der Waals surface area contributed by atoms with E-state index in [4.69, 9.17) is 0 Å². The number of nitrogens with one attached hydrogen (secondary N) is 1. The molecule has 1 aromatic rings. The minimum absolute atomic E-state index is 0.159. The standard InChI is InChI=1S/C10H11BrFN/c1-6-8-5-9(11)10(12)4-7(8)2-3-13-6/h4-6,13H,2-3H2,1H3/t6-/m1/s1. The minimum Gasteiger partial charge on any atom is -0.310 e. The summed E-state index contributed by atoms with van der Waals surface area (Å²) in [4.78, 5) is 0. The minimum atomic E-state index is -0.159. The first-order chi connectivity index (χ1) is 6.18. The highest BCUT2D eigenvalue weighted by atomic mass is 79.9. The quantitative estimate of drug-likeness (QED) is 0.739. The summed E-state index contributed by atoms with van der Waals surface area (Å²) in [6.45, 7) is 3.04. The van der Waals surface area contributed by atoms with E-state index in [1.54, 1.807) is 6.07 Å². The van der Waals surface area contributed by atoms with Gasteiger partial charge in [-0.1, -0.05) is 0 Å². The van der Waals surface area contributed by atoms with Crippen LogP contribution in [-0.2, 0) is 6.42 Å². The lowest BCUT2D eigenvalue weighted by Gasteiger charge is -2.24. The average molecular weight is 244 g/mol. The molecule has 3 heteroatoms. The van der Waals surface area contributed by atoms with E-state index in [9.17, 15) is 4.39 Å². The molecular weight excluding hydrogens is 233 g/mol. The zero-order chi connectivity index (χ0) is 9.42. The Morgan fingerprint density at radius 1 is 1.54 bits per heavy atom. The van der Waals surface area contributed by atoms with Gasteiger partial charge in [-0.2, -0.15) is 0 Å². The highest BCUT2D eigenvalue weighted by Gasteiger charge is 2.17. The molecule has 0 aromatic heterocycles. The van der Waals surface area contributed by atoms with Crippen molar-refractivity contribution in [2.45, 2.75) is 19.4 Å². The van der Waals surface area contributed by atoms with E-state index in [1.807, 2.05) is 6.07 Å². The summed E-state index contributed by atoms with van der Waals surface area (Å²) in [7, 11) is 0. The van der Waals surface area contributed by atoms with Crippen molar-refractivity contribution in [3.63, 3.8) is 0 Å². The molecule has 0 spiro atoms. The molecule has 0 radical (unpaired) electrons. The zero-order valence-electron chi connectivity index (χ0n) is 7.40. The first-order valence-electron chi connectivity index (χ1n) is 4.39. The highest BCUT2D eigenvalue weighted by molar-refractivity contribution is 9.10. The predicted molar refractivity (Wildman–Crippen MR) is 54.2 cm³/mol. The summed E-state index contributed by atoms with van der Waals surface area (Å²) in [5.74, 6) is -0.159. The Bertz CT molecular complexity index is 338. The molecule has 0 unspecified atom stereocenters. The Hall–Kier alpha value is -0.410. The van der Waals surface area contributed by atoms with Crippen LogP contribution in [0.3, 0.4) is 0 Å². The third kappa shape index (κ3) is 1.63. The van der Waals surface area contributed by atoms with Gasteiger partial charge in [0.1, 0.15) is 5.82 Å². The molecule has 70 valence electrons. The van der Waals surface area contributed by atoms with Crippen molar-refractivity contribution in [1.29, 1.82) is 0 Å². The number of rotatable bonds is 0. The third-order valence-corrected chi connectivity index (χ3v) is 3.10. The Morgan fingerprint density at radius 3 is 3.08 bits per heavy atom. The van der Waals surface area contributed by atoms with Crippen LogP contribution in [0.25, 0.3) is 0 Å². The summed E-state index contributed by atoms with van der Waals surface area (Å²) in [6.07, 6.45) is 0.921. The van der Waals surface area contributed by atoms with Crippen LogP contribution in [-0.4, -0.2) is 6.54 Å². The van der Waals surface area contributed by atoms with Crippen molar-refractivity contribution in [3.8, 4) is 0 Å². The summed E-state index contributed by atoms with van der Waals surface area (Å²) in [5.41, 5.74) is 2.34. The molecule has 0 saturated carbocycles. The molecule has 1 N–H and O–H groups in total. The maximum absolute atomic E-state index is 13.2.